The van der Waals surface area contributed by atoms with E-state index in [0.717, 1.165) is 57.2 Å². The Balaban J connectivity index is 1.36. The molecule has 3 fully saturated rings. The first-order valence-electron chi connectivity index (χ1n) is 9.20. The van der Waals surface area contributed by atoms with Crippen LogP contribution in [0.1, 0.15) is 63.2 Å². The van der Waals surface area contributed by atoms with Crippen LogP contribution >= 0.6 is 0 Å². The summed E-state index contributed by atoms with van der Waals surface area (Å²) in [6.07, 6.45) is 9.97. The summed E-state index contributed by atoms with van der Waals surface area (Å²) in [7, 11) is 0. The first-order chi connectivity index (χ1) is 11.7. The van der Waals surface area contributed by atoms with E-state index in [2.05, 4.69) is 20.1 Å². The van der Waals surface area contributed by atoms with Crippen LogP contribution < -0.4 is 5.32 Å². The monoisotopic (exact) mass is 331 g/mol. The minimum Gasteiger partial charge on any atom is -0.347 e. The average Bonchev–Trinajstić information content (AvgIpc) is 3.07. The number of nitrogens with one attached hydrogen (secondary N) is 1. The SMILES string of the molecule is O=C(NCc1nncn1C1CC1)[C@@H]1CCCN1C(=O)C1CCCC1. The number of amides is 2. The summed E-state index contributed by atoms with van der Waals surface area (Å²) in [6.45, 7) is 1.10. The van der Waals surface area contributed by atoms with Gasteiger partial charge in [0.1, 0.15) is 12.4 Å². The zero-order chi connectivity index (χ0) is 16.5. The number of rotatable bonds is 5. The zero-order valence-electron chi connectivity index (χ0n) is 14.0. The highest BCUT2D eigenvalue weighted by Gasteiger charge is 2.37. The zero-order valence-corrected chi connectivity index (χ0v) is 14.0. The minimum atomic E-state index is -0.310. The van der Waals surface area contributed by atoms with Crippen LogP contribution in [0.3, 0.4) is 0 Å². The van der Waals surface area contributed by atoms with E-state index < -0.39 is 0 Å². The predicted octanol–water partition coefficient (Wildman–Crippen LogP) is 1.41. The largest absolute Gasteiger partial charge is 0.347 e. The summed E-state index contributed by atoms with van der Waals surface area (Å²) in [5, 5.41) is 11.0. The molecule has 1 N–H and O–H groups in total. The van der Waals surface area contributed by atoms with Crippen molar-refractivity contribution in [2.24, 2.45) is 5.92 Å². The maximum Gasteiger partial charge on any atom is 0.243 e. The Morgan fingerprint density at radius 3 is 2.67 bits per heavy atom. The van der Waals surface area contributed by atoms with E-state index in [0.29, 0.717) is 19.1 Å². The molecule has 2 saturated carbocycles. The third-order valence-corrected chi connectivity index (χ3v) is 5.55. The van der Waals surface area contributed by atoms with Gasteiger partial charge >= 0.3 is 0 Å². The van der Waals surface area contributed by atoms with Crippen LogP contribution in [0.5, 0.6) is 0 Å². The van der Waals surface area contributed by atoms with Crippen molar-refractivity contribution in [2.45, 2.75) is 70.0 Å². The van der Waals surface area contributed by atoms with Crippen LogP contribution in [0, 0.1) is 5.92 Å². The Hall–Kier alpha value is -1.92. The molecule has 2 amide bonds. The number of nitrogens with zero attached hydrogens (tertiary/aromatic N) is 4. The first-order valence-corrected chi connectivity index (χ1v) is 9.20. The molecule has 130 valence electrons. The van der Waals surface area contributed by atoms with Gasteiger partial charge in [0.15, 0.2) is 5.82 Å². The molecule has 1 aromatic rings. The average molecular weight is 331 g/mol. The fourth-order valence-electron chi connectivity index (χ4n) is 4.05. The third-order valence-electron chi connectivity index (χ3n) is 5.55. The van der Waals surface area contributed by atoms with Gasteiger partial charge in [-0.2, -0.15) is 0 Å². The summed E-state index contributed by atoms with van der Waals surface area (Å²) in [5.41, 5.74) is 0. The molecule has 0 aromatic carbocycles. The van der Waals surface area contributed by atoms with Crippen molar-refractivity contribution >= 4 is 11.8 Å². The molecule has 4 rings (SSSR count). The van der Waals surface area contributed by atoms with Gasteiger partial charge in [0.05, 0.1) is 6.54 Å². The van der Waals surface area contributed by atoms with Crippen molar-refractivity contribution in [2.75, 3.05) is 6.54 Å². The highest BCUT2D eigenvalue weighted by atomic mass is 16.2. The molecular formula is C17H25N5O2. The number of aromatic nitrogens is 3. The van der Waals surface area contributed by atoms with E-state index in [9.17, 15) is 9.59 Å². The molecule has 24 heavy (non-hydrogen) atoms. The van der Waals surface area contributed by atoms with E-state index in [4.69, 9.17) is 0 Å². The van der Waals surface area contributed by atoms with Gasteiger partial charge in [0.2, 0.25) is 11.8 Å². The van der Waals surface area contributed by atoms with Crippen LogP contribution in [0.4, 0.5) is 0 Å². The number of carbonyl (C=O) groups is 2. The number of hydrogen-bond acceptors (Lipinski definition) is 4. The molecule has 1 aliphatic heterocycles. The minimum absolute atomic E-state index is 0.0517. The molecule has 1 saturated heterocycles. The van der Waals surface area contributed by atoms with E-state index in [-0.39, 0.29) is 23.8 Å². The molecule has 2 aliphatic carbocycles. The Kier molecular flexibility index (Phi) is 4.24. The van der Waals surface area contributed by atoms with Crippen molar-refractivity contribution in [1.29, 1.82) is 0 Å². The van der Waals surface area contributed by atoms with Crippen LogP contribution in [0.2, 0.25) is 0 Å². The lowest BCUT2D eigenvalue weighted by atomic mass is 10.1. The second-order valence-corrected chi connectivity index (χ2v) is 7.27. The van der Waals surface area contributed by atoms with Gasteiger partial charge in [-0.05, 0) is 38.5 Å². The van der Waals surface area contributed by atoms with Crippen molar-refractivity contribution < 1.29 is 9.59 Å². The molecule has 2 heterocycles. The second kappa shape index (κ2) is 6.53. The van der Waals surface area contributed by atoms with Crippen molar-refractivity contribution in [3.63, 3.8) is 0 Å². The molecule has 0 bridgehead atoms. The van der Waals surface area contributed by atoms with Gasteiger partial charge < -0.3 is 14.8 Å². The number of carbonyl (C=O) groups excluding carboxylic acids is 2. The Labute approximate surface area is 141 Å². The lowest BCUT2D eigenvalue weighted by Gasteiger charge is -2.26. The van der Waals surface area contributed by atoms with Crippen LogP contribution in [0.15, 0.2) is 6.33 Å². The molecule has 3 aliphatic rings. The smallest absolute Gasteiger partial charge is 0.243 e. The quantitative estimate of drug-likeness (QED) is 0.885. The van der Waals surface area contributed by atoms with E-state index in [1.54, 1.807) is 6.33 Å². The molecule has 0 radical (unpaired) electrons. The Morgan fingerprint density at radius 2 is 1.92 bits per heavy atom. The summed E-state index contributed by atoms with van der Waals surface area (Å²) in [4.78, 5) is 27.1. The second-order valence-electron chi connectivity index (χ2n) is 7.27. The van der Waals surface area contributed by atoms with Crippen LogP contribution in [0.25, 0.3) is 0 Å². The summed E-state index contributed by atoms with van der Waals surface area (Å²) in [5.74, 6) is 1.07. The molecule has 0 spiro atoms. The van der Waals surface area contributed by atoms with Crippen LogP contribution in [-0.2, 0) is 16.1 Å². The fourth-order valence-corrected chi connectivity index (χ4v) is 4.05. The molecule has 1 atom stereocenters. The van der Waals surface area contributed by atoms with Crippen molar-refractivity contribution in [3.8, 4) is 0 Å². The maximum absolute atomic E-state index is 12.7. The standard InChI is InChI=1S/C17H25N5O2/c23-16(18-10-15-20-19-11-22(15)13-7-8-13)14-6-3-9-21(14)17(24)12-4-1-2-5-12/h11-14H,1-10H2,(H,18,23)/t14-/m0/s1. The van der Waals surface area contributed by atoms with Gasteiger partial charge in [0.25, 0.3) is 0 Å². The topological polar surface area (TPSA) is 80.1 Å². The van der Waals surface area contributed by atoms with Crippen molar-refractivity contribution in [3.05, 3.63) is 12.2 Å². The highest BCUT2D eigenvalue weighted by Crippen LogP contribution is 2.35. The van der Waals surface area contributed by atoms with Crippen LogP contribution in [-0.4, -0.2) is 44.1 Å². The fraction of sp³-hybridized carbons (Fsp3) is 0.765. The lowest BCUT2D eigenvalue weighted by Crippen LogP contribution is -2.47. The highest BCUT2D eigenvalue weighted by molar-refractivity contribution is 5.89. The maximum atomic E-state index is 12.7. The van der Waals surface area contributed by atoms with Gasteiger partial charge in [0, 0.05) is 18.5 Å². The van der Waals surface area contributed by atoms with Gasteiger partial charge in [-0.1, -0.05) is 12.8 Å². The lowest BCUT2D eigenvalue weighted by molar-refractivity contribution is -0.141. The first kappa shape index (κ1) is 15.6. The summed E-state index contributed by atoms with van der Waals surface area (Å²) >= 11 is 0. The molecule has 0 unspecified atom stereocenters. The summed E-state index contributed by atoms with van der Waals surface area (Å²) in [6, 6.07) is 0.189. The Morgan fingerprint density at radius 1 is 1.12 bits per heavy atom. The van der Waals surface area contributed by atoms with E-state index in [1.165, 1.54) is 0 Å². The van der Waals surface area contributed by atoms with Gasteiger partial charge in [-0.25, -0.2) is 0 Å². The predicted molar refractivity (Wildman–Crippen MR) is 86.8 cm³/mol. The normalized spacial score (nSPS) is 24.5. The Bertz CT molecular complexity index is 618. The summed E-state index contributed by atoms with van der Waals surface area (Å²) < 4.78 is 2.05. The molecule has 1 aromatic heterocycles. The van der Waals surface area contributed by atoms with Gasteiger partial charge in [-0.15, -0.1) is 10.2 Å². The van der Waals surface area contributed by atoms with E-state index >= 15 is 0 Å². The molecular weight excluding hydrogens is 306 g/mol. The van der Waals surface area contributed by atoms with Gasteiger partial charge in [-0.3, -0.25) is 9.59 Å². The molecule has 7 nitrogen and oxygen atoms in total. The molecule has 7 heteroatoms. The number of likely N-dealkylation sites (tertiary alicyclic amines) is 1. The van der Waals surface area contributed by atoms with E-state index in [1.807, 2.05) is 4.90 Å². The number of hydrogen-bond donors (Lipinski definition) is 1. The van der Waals surface area contributed by atoms with Crippen molar-refractivity contribution in [1.82, 2.24) is 25.0 Å². The third kappa shape index (κ3) is 3.03.